The Labute approximate surface area is 102 Å². The number of rotatable bonds is 3. The van der Waals surface area contributed by atoms with Crippen molar-refractivity contribution in [1.29, 1.82) is 0 Å². The van der Waals surface area contributed by atoms with Gasteiger partial charge < -0.3 is 10.7 Å². The molecule has 2 aromatic heterocycles. The van der Waals surface area contributed by atoms with Gasteiger partial charge >= 0.3 is 0 Å². The number of carbonyl (C=O) groups excluding carboxylic acids is 1. The van der Waals surface area contributed by atoms with Gasteiger partial charge in [-0.15, -0.1) is 11.3 Å². The van der Waals surface area contributed by atoms with E-state index in [1.54, 1.807) is 6.07 Å². The zero-order chi connectivity index (χ0) is 12.4. The number of anilines is 1. The van der Waals surface area contributed by atoms with E-state index < -0.39 is 0 Å². The predicted octanol–water partition coefficient (Wildman–Crippen LogP) is 1.81. The van der Waals surface area contributed by atoms with Crippen molar-refractivity contribution >= 4 is 22.8 Å². The zero-order valence-corrected chi connectivity index (χ0v) is 10.1. The third-order valence-electron chi connectivity index (χ3n) is 2.49. The minimum atomic E-state index is -0.343. The summed E-state index contributed by atoms with van der Waals surface area (Å²) in [7, 11) is 0. The lowest BCUT2D eigenvalue weighted by atomic mass is 10.1. The van der Waals surface area contributed by atoms with Crippen molar-refractivity contribution < 1.29 is 4.79 Å². The molecule has 0 radical (unpaired) electrons. The van der Waals surface area contributed by atoms with E-state index in [0.717, 1.165) is 0 Å². The van der Waals surface area contributed by atoms with Crippen molar-refractivity contribution in [3.05, 3.63) is 50.1 Å². The number of aromatic nitrogens is 1. The molecule has 0 saturated carbocycles. The minimum Gasteiger partial charge on any atom is -0.394 e. The van der Waals surface area contributed by atoms with Crippen LogP contribution < -0.4 is 11.3 Å². The average molecular weight is 248 g/mol. The first-order valence-electron chi connectivity index (χ1n) is 5.23. The summed E-state index contributed by atoms with van der Waals surface area (Å²) in [6.45, 7) is 1.88. The molecule has 2 aromatic rings. The molecule has 0 amide bonds. The lowest BCUT2D eigenvalue weighted by Gasteiger charge is -2.06. The Kier molecular flexibility index (Phi) is 3.10. The Balaban J connectivity index is 2.55. The lowest BCUT2D eigenvalue weighted by Crippen LogP contribution is -2.18. The highest BCUT2D eigenvalue weighted by Crippen LogP contribution is 2.18. The fraction of sp³-hybridized carbons (Fsp3) is 0.167. The van der Waals surface area contributed by atoms with Gasteiger partial charge in [-0.3, -0.25) is 9.59 Å². The molecule has 17 heavy (non-hydrogen) atoms. The van der Waals surface area contributed by atoms with Crippen LogP contribution >= 0.6 is 11.3 Å². The van der Waals surface area contributed by atoms with Crippen molar-refractivity contribution in [3.8, 4) is 0 Å². The maximum absolute atomic E-state index is 12.2. The van der Waals surface area contributed by atoms with Gasteiger partial charge in [-0.25, -0.2) is 0 Å². The van der Waals surface area contributed by atoms with Gasteiger partial charge in [-0.05, 0) is 23.9 Å². The van der Waals surface area contributed by atoms with E-state index in [0.29, 0.717) is 22.6 Å². The van der Waals surface area contributed by atoms with Crippen LogP contribution in [0.2, 0.25) is 0 Å². The highest BCUT2D eigenvalue weighted by molar-refractivity contribution is 7.12. The monoisotopic (exact) mass is 248 g/mol. The van der Waals surface area contributed by atoms with Crippen molar-refractivity contribution in [3.63, 3.8) is 0 Å². The molecule has 5 heteroatoms. The molecule has 0 atom stereocenters. The number of H-pyrrole nitrogens is 1. The Bertz CT molecular complexity index is 599. The number of carbonyl (C=O) groups is 1. The molecule has 0 unspecified atom stereocenters. The maximum atomic E-state index is 12.2. The molecule has 0 aliphatic carbocycles. The van der Waals surface area contributed by atoms with Gasteiger partial charge in [0.25, 0.3) is 5.56 Å². The van der Waals surface area contributed by atoms with Gasteiger partial charge in [-0.2, -0.15) is 0 Å². The maximum Gasteiger partial charge on any atom is 0.271 e. The molecule has 88 valence electrons. The van der Waals surface area contributed by atoms with Crippen LogP contribution in [0.4, 0.5) is 5.69 Å². The lowest BCUT2D eigenvalue weighted by molar-refractivity contribution is 0.104. The standard InChI is InChI=1S/C12H12N2O2S/c1-2-9-7(6-8(13)12(16)14-9)11(15)10-4-3-5-17-10/h3-6H,2,13H2,1H3,(H,14,16). The van der Waals surface area contributed by atoms with E-state index in [4.69, 9.17) is 5.73 Å². The second kappa shape index (κ2) is 4.55. The van der Waals surface area contributed by atoms with Gasteiger partial charge in [0.05, 0.1) is 10.6 Å². The van der Waals surface area contributed by atoms with Crippen molar-refractivity contribution in [2.24, 2.45) is 0 Å². The van der Waals surface area contributed by atoms with E-state index >= 15 is 0 Å². The number of thiophene rings is 1. The van der Waals surface area contributed by atoms with Gasteiger partial charge in [0.15, 0.2) is 0 Å². The molecule has 0 saturated heterocycles. The molecular weight excluding hydrogens is 236 g/mol. The number of ketones is 1. The summed E-state index contributed by atoms with van der Waals surface area (Å²) in [6.07, 6.45) is 0.585. The summed E-state index contributed by atoms with van der Waals surface area (Å²) >= 11 is 1.37. The molecule has 0 fully saturated rings. The quantitative estimate of drug-likeness (QED) is 0.813. The molecule has 0 aromatic carbocycles. The first-order valence-corrected chi connectivity index (χ1v) is 6.11. The van der Waals surface area contributed by atoms with E-state index in [1.807, 2.05) is 18.4 Å². The Morgan fingerprint density at radius 1 is 1.53 bits per heavy atom. The molecule has 0 aliphatic heterocycles. The molecule has 4 nitrogen and oxygen atoms in total. The van der Waals surface area contributed by atoms with Crippen molar-refractivity contribution in [2.45, 2.75) is 13.3 Å². The van der Waals surface area contributed by atoms with Gasteiger partial charge in [-0.1, -0.05) is 13.0 Å². The fourth-order valence-electron chi connectivity index (χ4n) is 1.61. The Hall–Kier alpha value is -1.88. The highest BCUT2D eigenvalue weighted by Gasteiger charge is 2.15. The van der Waals surface area contributed by atoms with Crippen LogP contribution in [-0.4, -0.2) is 10.8 Å². The van der Waals surface area contributed by atoms with Crippen LogP contribution in [0.3, 0.4) is 0 Å². The molecule has 0 spiro atoms. The second-order valence-electron chi connectivity index (χ2n) is 3.61. The summed E-state index contributed by atoms with van der Waals surface area (Å²) < 4.78 is 0. The fourth-order valence-corrected chi connectivity index (χ4v) is 2.28. The minimum absolute atomic E-state index is 0.0714. The first kappa shape index (κ1) is 11.6. The number of hydrogen-bond acceptors (Lipinski definition) is 4. The van der Waals surface area contributed by atoms with Gasteiger partial charge in [0.2, 0.25) is 5.78 Å². The topological polar surface area (TPSA) is 75.9 Å². The number of hydrogen-bond donors (Lipinski definition) is 2. The molecule has 2 rings (SSSR count). The van der Waals surface area contributed by atoms with Gasteiger partial charge in [0, 0.05) is 11.3 Å². The second-order valence-corrected chi connectivity index (χ2v) is 4.55. The average Bonchev–Trinajstić information content (AvgIpc) is 2.84. The van der Waals surface area contributed by atoms with Gasteiger partial charge in [0.1, 0.15) is 0 Å². The Morgan fingerprint density at radius 2 is 2.29 bits per heavy atom. The summed E-state index contributed by atoms with van der Waals surface area (Å²) in [5.41, 5.74) is 6.38. The third-order valence-corrected chi connectivity index (χ3v) is 3.36. The smallest absolute Gasteiger partial charge is 0.271 e. The molecular formula is C12H12N2O2S. The summed E-state index contributed by atoms with van der Waals surface area (Å²) in [4.78, 5) is 26.8. The largest absolute Gasteiger partial charge is 0.394 e. The van der Waals surface area contributed by atoms with E-state index in [-0.39, 0.29) is 17.0 Å². The van der Waals surface area contributed by atoms with E-state index in [1.165, 1.54) is 17.4 Å². The molecule has 0 aliphatic rings. The van der Waals surface area contributed by atoms with Crippen LogP contribution in [0.25, 0.3) is 0 Å². The van der Waals surface area contributed by atoms with Crippen LogP contribution in [-0.2, 0) is 6.42 Å². The van der Waals surface area contributed by atoms with E-state index in [2.05, 4.69) is 4.98 Å². The van der Waals surface area contributed by atoms with Crippen LogP contribution in [0, 0.1) is 0 Å². The highest BCUT2D eigenvalue weighted by atomic mass is 32.1. The Morgan fingerprint density at radius 3 is 2.88 bits per heavy atom. The number of aryl methyl sites for hydroxylation is 1. The molecule has 3 N–H and O–H groups in total. The summed E-state index contributed by atoms with van der Waals surface area (Å²) in [5.74, 6) is -0.0974. The summed E-state index contributed by atoms with van der Waals surface area (Å²) in [6, 6.07) is 5.03. The van der Waals surface area contributed by atoms with E-state index in [9.17, 15) is 9.59 Å². The molecule has 2 heterocycles. The first-order chi connectivity index (χ1) is 8.13. The zero-order valence-electron chi connectivity index (χ0n) is 9.32. The number of nitrogen functional groups attached to an aromatic ring is 1. The normalized spacial score (nSPS) is 10.4. The van der Waals surface area contributed by atoms with Crippen LogP contribution in [0.15, 0.2) is 28.4 Å². The van der Waals surface area contributed by atoms with Crippen LogP contribution in [0.5, 0.6) is 0 Å². The number of aromatic amines is 1. The summed E-state index contributed by atoms with van der Waals surface area (Å²) in [5, 5.41) is 1.84. The predicted molar refractivity (Wildman–Crippen MR) is 68.6 cm³/mol. The van der Waals surface area contributed by atoms with Crippen molar-refractivity contribution in [1.82, 2.24) is 4.98 Å². The molecule has 0 bridgehead atoms. The third kappa shape index (κ3) is 2.14. The van der Waals surface area contributed by atoms with Crippen LogP contribution in [0.1, 0.15) is 27.9 Å². The number of pyridine rings is 1. The SMILES string of the molecule is CCc1[nH]c(=O)c(N)cc1C(=O)c1cccs1. The number of nitrogens with two attached hydrogens (primary N) is 1. The number of nitrogens with one attached hydrogen (secondary N) is 1. The van der Waals surface area contributed by atoms with Crippen molar-refractivity contribution in [2.75, 3.05) is 5.73 Å².